The van der Waals surface area contributed by atoms with Crippen molar-refractivity contribution in [3.05, 3.63) is 11.6 Å². The maximum absolute atomic E-state index is 6.15. The number of aromatic nitrogens is 1. The molecule has 0 radical (unpaired) electrons. The zero-order valence-electron chi connectivity index (χ0n) is 12.9. The summed E-state index contributed by atoms with van der Waals surface area (Å²) in [5.74, 6) is 0.823. The van der Waals surface area contributed by atoms with Gasteiger partial charge in [0.25, 0.3) is 0 Å². The quantitative estimate of drug-likeness (QED) is 0.868. The highest BCUT2D eigenvalue weighted by Crippen LogP contribution is 2.29. The Morgan fingerprint density at radius 1 is 1.14 bits per heavy atom. The zero-order valence-corrected chi connectivity index (χ0v) is 13.7. The minimum Gasteiger partial charge on any atom is -0.346 e. The van der Waals surface area contributed by atoms with Crippen molar-refractivity contribution in [2.75, 3.05) is 37.6 Å². The highest BCUT2D eigenvalue weighted by atomic mass is 32.1. The Bertz CT molecular complexity index is 392. The summed E-state index contributed by atoms with van der Waals surface area (Å²) in [5, 5.41) is 3.24. The maximum atomic E-state index is 6.15. The molecule has 1 aromatic rings. The zero-order chi connectivity index (χ0) is 14.5. The highest BCUT2D eigenvalue weighted by Gasteiger charge is 2.29. The number of nitrogens with zero attached hydrogens (tertiary/aromatic N) is 3. The van der Waals surface area contributed by atoms with E-state index in [2.05, 4.69) is 20.2 Å². The van der Waals surface area contributed by atoms with Gasteiger partial charge in [0.15, 0.2) is 5.13 Å². The normalized spacial score (nSPS) is 24.0. The molecule has 1 unspecified atom stereocenters. The molecule has 0 bridgehead atoms. The Morgan fingerprint density at radius 2 is 1.86 bits per heavy atom. The molecule has 5 heteroatoms. The molecule has 1 saturated heterocycles. The van der Waals surface area contributed by atoms with Crippen LogP contribution >= 0.6 is 11.3 Å². The van der Waals surface area contributed by atoms with Gasteiger partial charge in [-0.25, -0.2) is 4.98 Å². The van der Waals surface area contributed by atoms with E-state index in [0.717, 1.165) is 38.6 Å². The van der Waals surface area contributed by atoms with Crippen molar-refractivity contribution in [2.24, 2.45) is 11.7 Å². The predicted octanol–water partition coefficient (Wildman–Crippen LogP) is 2.56. The molecule has 2 N–H and O–H groups in total. The number of anilines is 1. The van der Waals surface area contributed by atoms with Crippen molar-refractivity contribution in [1.29, 1.82) is 0 Å². The molecule has 0 spiro atoms. The van der Waals surface area contributed by atoms with Gasteiger partial charge in [0, 0.05) is 50.3 Å². The number of thiazole rings is 1. The topological polar surface area (TPSA) is 45.4 Å². The lowest BCUT2D eigenvalue weighted by Crippen LogP contribution is -2.54. The van der Waals surface area contributed by atoms with Crippen LogP contribution in [0.15, 0.2) is 11.6 Å². The number of rotatable bonds is 4. The second-order valence-corrected chi connectivity index (χ2v) is 7.27. The van der Waals surface area contributed by atoms with Gasteiger partial charge in [-0.05, 0) is 18.8 Å². The summed E-state index contributed by atoms with van der Waals surface area (Å²) in [6.45, 7) is 5.28. The van der Waals surface area contributed by atoms with Gasteiger partial charge in [0.05, 0.1) is 0 Å². The average molecular weight is 308 g/mol. The van der Waals surface area contributed by atoms with Gasteiger partial charge < -0.3 is 10.6 Å². The Kier molecular flexibility index (Phi) is 5.49. The molecule has 2 fully saturated rings. The Hall–Kier alpha value is -0.650. The summed E-state index contributed by atoms with van der Waals surface area (Å²) in [7, 11) is 0. The van der Waals surface area contributed by atoms with Crippen molar-refractivity contribution in [3.63, 3.8) is 0 Å². The van der Waals surface area contributed by atoms with E-state index in [1.54, 1.807) is 11.3 Å². The monoisotopic (exact) mass is 308 g/mol. The van der Waals surface area contributed by atoms with E-state index in [0.29, 0.717) is 6.04 Å². The molecule has 1 aromatic heterocycles. The highest BCUT2D eigenvalue weighted by molar-refractivity contribution is 7.13. The molecular weight excluding hydrogens is 280 g/mol. The van der Waals surface area contributed by atoms with Crippen LogP contribution in [0.4, 0.5) is 5.13 Å². The SMILES string of the molecule is NCC(C1CCCCCC1)N1CCN(c2nccs2)CC1. The fraction of sp³-hybridized carbons (Fsp3) is 0.812. The van der Waals surface area contributed by atoms with Crippen molar-refractivity contribution < 1.29 is 0 Å². The van der Waals surface area contributed by atoms with E-state index >= 15 is 0 Å². The lowest BCUT2D eigenvalue weighted by molar-refractivity contribution is 0.128. The number of hydrogen-bond acceptors (Lipinski definition) is 5. The van der Waals surface area contributed by atoms with Gasteiger partial charge in [-0.2, -0.15) is 0 Å². The molecule has 1 saturated carbocycles. The van der Waals surface area contributed by atoms with Gasteiger partial charge in [0.2, 0.25) is 0 Å². The van der Waals surface area contributed by atoms with Crippen molar-refractivity contribution >= 4 is 16.5 Å². The molecule has 2 aliphatic rings. The maximum Gasteiger partial charge on any atom is 0.185 e. The van der Waals surface area contributed by atoms with Gasteiger partial charge in [0.1, 0.15) is 0 Å². The first-order valence-corrected chi connectivity index (χ1v) is 9.35. The van der Waals surface area contributed by atoms with Crippen LogP contribution in [-0.4, -0.2) is 48.6 Å². The van der Waals surface area contributed by atoms with Crippen LogP contribution in [0.25, 0.3) is 0 Å². The van der Waals surface area contributed by atoms with E-state index in [9.17, 15) is 0 Å². The van der Waals surface area contributed by atoms with E-state index in [1.807, 2.05) is 6.20 Å². The molecule has 21 heavy (non-hydrogen) atoms. The van der Waals surface area contributed by atoms with E-state index in [-0.39, 0.29) is 0 Å². The number of hydrogen-bond donors (Lipinski definition) is 1. The summed E-state index contributed by atoms with van der Waals surface area (Å²) in [6, 6.07) is 0.599. The summed E-state index contributed by atoms with van der Waals surface area (Å²) in [5.41, 5.74) is 6.15. The second kappa shape index (κ2) is 7.56. The number of nitrogens with two attached hydrogens (primary N) is 1. The molecule has 3 rings (SSSR count). The van der Waals surface area contributed by atoms with Gasteiger partial charge in [-0.15, -0.1) is 11.3 Å². The molecule has 1 aliphatic carbocycles. The average Bonchev–Trinajstić information content (AvgIpc) is 2.93. The summed E-state index contributed by atoms with van der Waals surface area (Å²) < 4.78 is 0. The van der Waals surface area contributed by atoms with Gasteiger partial charge in [-0.3, -0.25) is 4.90 Å². The minimum absolute atomic E-state index is 0.599. The van der Waals surface area contributed by atoms with Crippen LogP contribution in [0.3, 0.4) is 0 Å². The molecule has 4 nitrogen and oxygen atoms in total. The van der Waals surface area contributed by atoms with Crippen LogP contribution in [0, 0.1) is 5.92 Å². The molecule has 0 amide bonds. The fourth-order valence-electron chi connectivity index (χ4n) is 3.95. The van der Waals surface area contributed by atoms with Gasteiger partial charge in [-0.1, -0.05) is 25.7 Å². The third-order valence-electron chi connectivity index (χ3n) is 5.16. The Morgan fingerprint density at radius 3 is 2.43 bits per heavy atom. The Labute approximate surface area is 132 Å². The first-order valence-electron chi connectivity index (χ1n) is 8.47. The molecule has 1 atom stereocenters. The molecule has 2 heterocycles. The van der Waals surface area contributed by atoms with E-state index in [1.165, 1.54) is 43.7 Å². The largest absolute Gasteiger partial charge is 0.346 e. The summed E-state index contributed by atoms with van der Waals surface area (Å²) in [6.07, 6.45) is 10.3. The van der Waals surface area contributed by atoms with Crippen molar-refractivity contribution in [3.8, 4) is 0 Å². The molecule has 0 aromatic carbocycles. The van der Waals surface area contributed by atoms with Crippen molar-refractivity contribution in [1.82, 2.24) is 9.88 Å². The third kappa shape index (κ3) is 3.76. The lowest BCUT2D eigenvalue weighted by Gasteiger charge is -2.42. The van der Waals surface area contributed by atoms with Crippen LogP contribution in [-0.2, 0) is 0 Å². The predicted molar refractivity (Wildman–Crippen MR) is 89.9 cm³/mol. The Balaban J connectivity index is 1.56. The second-order valence-electron chi connectivity index (χ2n) is 6.39. The lowest BCUT2D eigenvalue weighted by atomic mass is 9.90. The first kappa shape index (κ1) is 15.3. The first-order chi connectivity index (χ1) is 10.4. The third-order valence-corrected chi connectivity index (χ3v) is 5.99. The van der Waals surface area contributed by atoms with Crippen LogP contribution in [0.5, 0.6) is 0 Å². The van der Waals surface area contributed by atoms with Crippen LogP contribution in [0.2, 0.25) is 0 Å². The smallest absolute Gasteiger partial charge is 0.185 e. The van der Waals surface area contributed by atoms with Crippen LogP contribution < -0.4 is 10.6 Å². The fourth-order valence-corrected chi connectivity index (χ4v) is 4.65. The van der Waals surface area contributed by atoms with Gasteiger partial charge >= 0.3 is 0 Å². The van der Waals surface area contributed by atoms with E-state index < -0.39 is 0 Å². The van der Waals surface area contributed by atoms with Crippen molar-refractivity contribution in [2.45, 2.75) is 44.6 Å². The molecule has 118 valence electrons. The minimum atomic E-state index is 0.599. The number of piperazine rings is 1. The summed E-state index contributed by atoms with van der Waals surface area (Å²) in [4.78, 5) is 9.50. The molecule has 1 aliphatic heterocycles. The molecular formula is C16H28N4S. The van der Waals surface area contributed by atoms with Crippen LogP contribution in [0.1, 0.15) is 38.5 Å². The standard InChI is InChI=1S/C16H28N4S/c17-13-15(14-5-3-1-2-4-6-14)19-8-10-20(11-9-19)16-18-7-12-21-16/h7,12,14-15H,1-6,8-11,13,17H2. The summed E-state index contributed by atoms with van der Waals surface area (Å²) >= 11 is 1.75. The van der Waals surface area contributed by atoms with E-state index in [4.69, 9.17) is 5.73 Å².